The Labute approximate surface area is 266 Å². The molecule has 214 valence electrons. The maximum atomic E-state index is 6.05. The number of benzene rings is 6. The molecule has 0 aliphatic carbocycles. The van der Waals surface area contributed by atoms with Crippen LogP contribution < -0.4 is 0 Å². The second kappa shape index (κ2) is 9.76. The number of pyridine rings is 1. The van der Waals surface area contributed by atoms with Gasteiger partial charge in [0, 0.05) is 53.8 Å². The SMILES string of the molecule is c1ccc2cc(-c3nc(-c4ccc5c(cnc6oc7ccccc7c65)c4)nc(-c4cccc5c4sc4ccccc45)n3)ccc2c1. The van der Waals surface area contributed by atoms with E-state index in [0.29, 0.717) is 23.2 Å². The first-order valence-corrected chi connectivity index (χ1v) is 15.9. The Morgan fingerprint density at radius 2 is 1.20 bits per heavy atom. The Balaban J connectivity index is 1.21. The Hall–Kier alpha value is -5.98. The third-order valence-electron chi connectivity index (χ3n) is 8.77. The molecule has 10 rings (SSSR count). The van der Waals surface area contributed by atoms with Gasteiger partial charge in [-0.15, -0.1) is 11.3 Å². The Morgan fingerprint density at radius 1 is 0.500 bits per heavy atom. The molecule has 0 aliphatic rings. The van der Waals surface area contributed by atoms with Crippen LogP contribution in [-0.4, -0.2) is 19.9 Å². The third kappa shape index (κ3) is 3.87. The number of para-hydroxylation sites is 1. The van der Waals surface area contributed by atoms with Crippen LogP contribution in [0.4, 0.5) is 0 Å². The van der Waals surface area contributed by atoms with Crippen LogP contribution in [0.3, 0.4) is 0 Å². The van der Waals surface area contributed by atoms with E-state index in [1.807, 2.05) is 24.4 Å². The lowest BCUT2D eigenvalue weighted by atomic mass is 10.0. The van der Waals surface area contributed by atoms with E-state index < -0.39 is 0 Å². The summed E-state index contributed by atoms with van der Waals surface area (Å²) in [6.45, 7) is 0. The molecule has 0 atom stereocenters. The van der Waals surface area contributed by atoms with Gasteiger partial charge in [0.25, 0.3) is 0 Å². The minimum absolute atomic E-state index is 0.616. The largest absolute Gasteiger partial charge is 0.438 e. The van der Waals surface area contributed by atoms with Crippen LogP contribution in [0.2, 0.25) is 0 Å². The normalized spacial score (nSPS) is 11.9. The summed E-state index contributed by atoms with van der Waals surface area (Å²) in [6.07, 6.45) is 1.87. The standard InChI is InChI=1S/C40H22N4OS/c1-2-9-24-20-25(17-16-23(24)8-1)37-42-38(44-39(43-37)32-13-7-12-30-29-10-4-6-15-34(29)46-36(30)32)26-18-19-28-27(21-26)22-41-40-35(28)31-11-3-5-14-33(31)45-40/h1-22H. The predicted molar refractivity (Wildman–Crippen MR) is 189 cm³/mol. The van der Waals surface area contributed by atoms with Gasteiger partial charge in [-0.05, 0) is 46.5 Å². The van der Waals surface area contributed by atoms with Crippen LogP contribution in [0.1, 0.15) is 0 Å². The molecule has 0 amide bonds. The zero-order chi connectivity index (χ0) is 30.2. The molecule has 0 saturated heterocycles. The lowest BCUT2D eigenvalue weighted by Gasteiger charge is -2.10. The Kier molecular flexibility index (Phi) is 5.38. The monoisotopic (exact) mass is 606 g/mol. The number of hydrogen-bond donors (Lipinski definition) is 0. The van der Waals surface area contributed by atoms with Gasteiger partial charge in [-0.2, -0.15) is 0 Å². The highest BCUT2D eigenvalue weighted by atomic mass is 32.1. The summed E-state index contributed by atoms with van der Waals surface area (Å²) in [6, 6.07) is 44.1. The molecule has 46 heavy (non-hydrogen) atoms. The van der Waals surface area contributed by atoms with E-state index in [4.69, 9.17) is 19.4 Å². The summed E-state index contributed by atoms with van der Waals surface area (Å²) in [4.78, 5) is 20.0. The van der Waals surface area contributed by atoms with E-state index >= 15 is 0 Å². The van der Waals surface area contributed by atoms with Crippen LogP contribution >= 0.6 is 11.3 Å². The van der Waals surface area contributed by atoms with E-state index in [9.17, 15) is 0 Å². The molecular formula is C40H22N4OS. The van der Waals surface area contributed by atoms with Crippen LogP contribution in [0, 0.1) is 0 Å². The van der Waals surface area contributed by atoms with Gasteiger partial charge in [-0.3, -0.25) is 0 Å². The van der Waals surface area contributed by atoms with Gasteiger partial charge in [0.2, 0.25) is 5.71 Å². The summed E-state index contributed by atoms with van der Waals surface area (Å²) in [5.74, 6) is 1.91. The average molecular weight is 607 g/mol. The van der Waals surface area contributed by atoms with Crippen molar-refractivity contribution in [1.29, 1.82) is 0 Å². The van der Waals surface area contributed by atoms with Crippen LogP contribution in [0.5, 0.6) is 0 Å². The second-order valence-corrected chi connectivity index (χ2v) is 12.5. The van der Waals surface area contributed by atoms with Crippen molar-refractivity contribution in [3.63, 3.8) is 0 Å². The fraction of sp³-hybridized carbons (Fsp3) is 0. The van der Waals surface area contributed by atoms with Crippen molar-refractivity contribution in [3.8, 4) is 34.2 Å². The number of nitrogens with zero attached hydrogens (tertiary/aromatic N) is 4. The number of furan rings is 1. The smallest absolute Gasteiger partial charge is 0.227 e. The van der Waals surface area contributed by atoms with Gasteiger partial charge in [-0.25, -0.2) is 19.9 Å². The number of aromatic nitrogens is 4. The first kappa shape index (κ1) is 25.4. The molecule has 10 aromatic rings. The van der Waals surface area contributed by atoms with Crippen LogP contribution in [0.15, 0.2) is 138 Å². The van der Waals surface area contributed by atoms with E-state index in [-0.39, 0.29) is 0 Å². The highest BCUT2D eigenvalue weighted by Gasteiger charge is 2.18. The topological polar surface area (TPSA) is 64.7 Å². The van der Waals surface area contributed by atoms with E-state index in [1.165, 1.54) is 25.6 Å². The van der Waals surface area contributed by atoms with Crippen molar-refractivity contribution in [2.45, 2.75) is 0 Å². The molecule has 4 heterocycles. The summed E-state index contributed by atoms with van der Waals surface area (Å²) in [7, 11) is 0. The molecule has 0 saturated carbocycles. The highest BCUT2D eigenvalue weighted by Crippen LogP contribution is 2.40. The molecule has 0 aliphatic heterocycles. The molecule has 5 nitrogen and oxygen atoms in total. The quantitative estimate of drug-likeness (QED) is 0.200. The second-order valence-electron chi connectivity index (χ2n) is 11.5. The molecular weight excluding hydrogens is 585 g/mol. The van der Waals surface area contributed by atoms with Gasteiger partial charge in [0.1, 0.15) is 5.58 Å². The van der Waals surface area contributed by atoms with Crippen molar-refractivity contribution in [2.24, 2.45) is 0 Å². The Morgan fingerprint density at radius 3 is 2.09 bits per heavy atom. The zero-order valence-electron chi connectivity index (χ0n) is 24.3. The lowest BCUT2D eigenvalue weighted by molar-refractivity contribution is 0.654. The van der Waals surface area contributed by atoms with E-state index in [0.717, 1.165) is 49.2 Å². The molecule has 0 unspecified atom stereocenters. The number of rotatable bonds is 3. The molecule has 0 radical (unpaired) electrons. The van der Waals surface area contributed by atoms with Gasteiger partial charge in [0.15, 0.2) is 17.5 Å². The van der Waals surface area contributed by atoms with Gasteiger partial charge < -0.3 is 4.42 Å². The molecule has 0 bridgehead atoms. The Bertz CT molecular complexity index is 2830. The minimum atomic E-state index is 0.616. The summed E-state index contributed by atoms with van der Waals surface area (Å²) >= 11 is 1.78. The fourth-order valence-corrected chi connectivity index (χ4v) is 7.77. The fourth-order valence-electron chi connectivity index (χ4n) is 6.55. The van der Waals surface area contributed by atoms with Crippen molar-refractivity contribution in [2.75, 3.05) is 0 Å². The molecule has 6 heteroatoms. The van der Waals surface area contributed by atoms with Crippen molar-refractivity contribution in [1.82, 2.24) is 19.9 Å². The predicted octanol–water partition coefficient (Wildman–Crippen LogP) is 10.8. The summed E-state index contributed by atoms with van der Waals surface area (Å²) in [5, 5.41) is 8.92. The molecule has 0 spiro atoms. The number of thiophene rings is 1. The molecule has 4 aromatic heterocycles. The third-order valence-corrected chi connectivity index (χ3v) is 9.99. The first-order chi connectivity index (χ1) is 22.8. The van der Waals surface area contributed by atoms with E-state index in [1.54, 1.807) is 11.3 Å². The number of hydrogen-bond acceptors (Lipinski definition) is 6. The van der Waals surface area contributed by atoms with Gasteiger partial charge in [0.05, 0.1) is 5.39 Å². The van der Waals surface area contributed by atoms with Crippen LogP contribution in [-0.2, 0) is 0 Å². The average Bonchev–Trinajstić information content (AvgIpc) is 3.70. The molecule has 0 fully saturated rings. The summed E-state index contributed by atoms with van der Waals surface area (Å²) in [5.41, 5.74) is 4.31. The zero-order valence-corrected chi connectivity index (χ0v) is 25.1. The van der Waals surface area contributed by atoms with Crippen molar-refractivity contribution >= 4 is 75.1 Å². The van der Waals surface area contributed by atoms with Crippen molar-refractivity contribution in [3.05, 3.63) is 134 Å². The maximum Gasteiger partial charge on any atom is 0.227 e. The number of fused-ring (bicyclic) bond motifs is 9. The minimum Gasteiger partial charge on any atom is -0.438 e. The molecule has 0 N–H and O–H groups in total. The lowest BCUT2D eigenvalue weighted by Crippen LogP contribution is -2.00. The van der Waals surface area contributed by atoms with Gasteiger partial charge in [-0.1, -0.05) is 97.1 Å². The highest BCUT2D eigenvalue weighted by molar-refractivity contribution is 7.26. The van der Waals surface area contributed by atoms with Crippen LogP contribution in [0.25, 0.3) is 97.9 Å². The molecule has 6 aromatic carbocycles. The summed E-state index contributed by atoms with van der Waals surface area (Å²) < 4.78 is 8.46. The van der Waals surface area contributed by atoms with E-state index in [2.05, 4.69) is 114 Å². The van der Waals surface area contributed by atoms with Gasteiger partial charge >= 0.3 is 0 Å². The van der Waals surface area contributed by atoms with Crippen molar-refractivity contribution < 1.29 is 4.42 Å². The maximum absolute atomic E-state index is 6.05. The first-order valence-electron chi connectivity index (χ1n) is 15.1.